The van der Waals surface area contributed by atoms with Crippen LogP contribution in [-0.4, -0.2) is 29.9 Å². The lowest BCUT2D eigenvalue weighted by molar-refractivity contribution is -0.127. The Hall–Kier alpha value is -2.27. The molecule has 0 radical (unpaired) electrons. The van der Waals surface area contributed by atoms with E-state index in [-0.39, 0.29) is 24.2 Å². The Morgan fingerprint density at radius 2 is 2.22 bits per heavy atom. The first-order valence-electron chi connectivity index (χ1n) is 7.45. The molecule has 23 heavy (non-hydrogen) atoms. The van der Waals surface area contributed by atoms with Gasteiger partial charge in [-0.1, -0.05) is 17.7 Å². The monoisotopic (exact) mass is 332 g/mol. The summed E-state index contributed by atoms with van der Waals surface area (Å²) in [6.07, 6.45) is 2.79. The molecular weight excluding hydrogens is 316 g/mol. The SMILES string of the molecule is Cc1ccc(N(CN2CCCC2=O)C(=O)c2ccco2)cc1Cl. The third kappa shape index (κ3) is 3.24. The molecule has 0 N–H and O–H groups in total. The number of furan rings is 1. The van der Waals surface area contributed by atoms with Crippen LogP contribution in [0.3, 0.4) is 0 Å². The molecule has 1 saturated heterocycles. The molecule has 5 nitrogen and oxygen atoms in total. The van der Waals surface area contributed by atoms with Crippen LogP contribution < -0.4 is 4.90 Å². The van der Waals surface area contributed by atoms with Gasteiger partial charge in [0.15, 0.2) is 5.76 Å². The van der Waals surface area contributed by atoms with Crippen LogP contribution in [0.4, 0.5) is 5.69 Å². The van der Waals surface area contributed by atoms with Gasteiger partial charge in [-0.2, -0.15) is 0 Å². The number of carbonyl (C=O) groups excluding carboxylic acids is 2. The van der Waals surface area contributed by atoms with Crippen LogP contribution >= 0.6 is 11.6 Å². The second kappa shape index (κ2) is 6.46. The van der Waals surface area contributed by atoms with Crippen molar-refractivity contribution in [3.63, 3.8) is 0 Å². The number of carbonyl (C=O) groups is 2. The van der Waals surface area contributed by atoms with Crippen molar-refractivity contribution in [1.29, 1.82) is 0 Å². The highest BCUT2D eigenvalue weighted by atomic mass is 35.5. The Morgan fingerprint density at radius 3 is 2.83 bits per heavy atom. The smallest absolute Gasteiger partial charge is 0.295 e. The van der Waals surface area contributed by atoms with E-state index in [1.165, 1.54) is 11.2 Å². The van der Waals surface area contributed by atoms with Crippen molar-refractivity contribution in [3.05, 3.63) is 52.9 Å². The fourth-order valence-corrected chi connectivity index (χ4v) is 2.75. The van der Waals surface area contributed by atoms with Crippen LogP contribution in [-0.2, 0) is 4.79 Å². The van der Waals surface area contributed by atoms with Gasteiger partial charge in [0, 0.05) is 23.7 Å². The Kier molecular flexibility index (Phi) is 4.39. The van der Waals surface area contributed by atoms with E-state index in [1.54, 1.807) is 23.1 Å². The van der Waals surface area contributed by atoms with Gasteiger partial charge in [-0.3, -0.25) is 14.5 Å². The summed E-state index contributed by atoms with van der Waals surface area (Å²) in [5.74, 6) is -0.0107. The van der Waals surface area contributed by atoms with Gasteiger partial charge in [0.05, 0.1) is 6.26 Å². The average molecular weight is 333 g/mol. The number of halogens is 1. The molecule has 2 heterocycles. The molecular formula is C17H17ClN2O3. The molecule has 1 aromatic heterocycles. The molecule has 0 saturated carbocycles. The fraction of sp³-hybridized carbons (Fsp3) is 0.294. The lowest BCUT2D eigenvalue weighted by Crippen LogP contribution is -2.42. The maximum Gasteiger partial charge on any atom is 0.295 e. The highest BCUT2D eigenvalue weighted by Gasteiger charge is 2.27. The summed E-state index contributed by atoms with van der Waals surface area (Å²) in [5.41, 5.74) is 1.57. The minimum absolute atomic E-state index is 0.0560. The summed E-state index contributed by atoms with van der Waals surface area (Å²) < 4.78 is 5.22. The molecule has 0 atom stereocenters. The maximum absolute atomic E-state index is 12.7. The van der Waals surface area contributed by atoms with Crippen LogP contribution in [0, 0.1) is 6.92 Å². The summed E-state index contributed by atoms with van der Waals surface area (Å²) in [6, 6.07) is 8.68. The lowest BCUT2D eigenvalue weighted by atomic mass is 10.2. The van der Waals surface area contributed by atoms with E-state index in [0.717, 1.165) is 12.0 Å². The average Bonchev–Trinajstić information content (AvgIpc) is 3.19. The van der Waals surface area contributed by atoms with E-state index in [1.807, 2.05) is 19.1 Å². The minimum Gasteiger partial charge on any atom is -0.459 e. The minimum atomic E-state index is -0.297. The maximum atomic E-state index is 12.7. The first-order valence-corrected chi connectivity index (χ1v) is 7.83. The largest absolute Gasteiger partial charge is 0.459 e. The number of likely N-dealkylation sites (tertiary alicyclic amines) is 1. The van der Waals surface area contributed by atoms with E-state index >= 15 is 0 Å². The van der Waals surface area contributed by atoms with Crippen molar-refractivity contribution >= 4 is 29.1 Å². The Bertz CT molecular complexity index is 727. The topological polar surface area (TPSA) is 53.8 Å². The van der Waals surface area contributed by atoms with Gasteiger partial charge in [0.2, 0.25) is 5.91 Å². The van der Waals surface area contributed by atoms with Gasteiger partial charge in [0.25, 0.3) is 5.91 Å². The number of amides is 2. The van der Waals surface area contributed by atoms with Crippen LogP contribution in [0.5, 0.6) is 0 Å². The Morgan fingerprint density at radius 1 is 1.39 bits per heavy atom. The highest BCUT2D eigenvalue weighted by Crippen LogP contribution is 2.25. The Labute approximate surface area is 139 Å². The molecule has 1 aliphatic heterocycles. The highest BCUT2D eigenvalue weighted by molar-refractivity contribution is 6.31. The van der Waals surface area contributed by atoms with Crippen LogP contribution in [0.25, 0.3) is 0 Å². The number of benzene rings is 1. The fourth-order valence-electron chi connectivity index (χ4n) is 2.57. The number of anilines is 1. The zero-order valence-electron chi connectivity index (χ0n) is 12.8. The number of hydrogen-bond donors (Lipinski definition) is 0. The predicted molar refractivity (Wildman–Crippen MR) is 87.5 cm³/mol. The van der Waals surface area contributed by atoms with E-state index in [4.69, 9.17) is 16.0 Å². The molecule has 1 aliphatic rings. The molecule has 6 heteroatoms. The molecule has 0 aliphatic carbocycles. The molecule has 3 rings (SSSR count). The van der Waals surface area contributed by atoms with Crippen molar-refractivity contribution in [3.8, 4) is 0 Å². The van der Waals surface area contributed by atoms with Crippen molar-refractivity contribution in [2.24, 2.45) is 0 Å². The quantitative estimate of drug-likeness (QED) is 0.861. The lowest BCUT2D eigenvalue weighted by Gasteiger charge is -2.27. The third-order valence-corrected chi connectivity index (χ3v) is 4.33. The molecule has 0 spiro atoms. The third-order valence-electron chi connectivity index (χ3n) is 3.93. The second-order valence-corrected chi connectivity index (χ2v) is 5.95. The summed E-state index contributed by atoms with van der Waals surface area (Å²) >= 11 is 6.19. The van der Waals surface area contributed by atoms with Gasteiger partial charge < -0.3 is 9.32 Å². The van der Waals surface area contributed by atoms with Gasteiger partial charge in [-0.15, -0.1) is 0 Å². The number of hydrogen-bond acceptors (Lipinski definition) is 3. The van der Waals surface area contributed by atoms with Gasteiger partial charge in [-0.05, 0) is 43.2 Å². The zero-order chi connectivity index (χ0) is 16.4. The molecule has 2 amide bonds. The van der Waals surface area contributed by atoms with E-state index in [2.05, 4.69) is 0 Å². The summed E-state index contributed by atoms with van der Waals surface area (Å²) in [4.78, 5) is 27.9. The van der Waals surface area contributed by atoms with E-state index in [9.17, 15) is 9.59 Å². The van der Waals surface area contributed by atoms with Crippen LogP contribution in [0.1, 0.15) is 29.0 Å². The molecule has 1 fully saturated rings. The standard InChI is InChI=1S/C17H17ClN2O3/c1-12-6-7-13(10-14(12)18)20(11-19-8-2-5-16(19)21)17(22)15-4-3-9-23-15/h3-4,6-7,9-10H,2,5,8,11H2,1H3. The second-order valence-electron chi connectivity index (χ2n) is 5.55. The van der Waals surface area contributed by atoms with Gasteiger partial charge in [-0.25, -0.2) is 0 Å². The molecule has 1 aromatic carbocycles. The van der Waals surface area contributed by atoms with E-state index < -0.39 is 0 Å². The summed E-state index contributed by atoms with van der Waals surface area (Å²) in [7, 11) is 0. The molecule has 0 bridgehead atoms. The Balaban J connectivity index is 1.93. The van der Waals surface area contributed by atoms with Crippen molar-refractivity contribution in [1.82, 2.24) is 4.90 Å². The van der Waals surface area contributed by atoms with Crippen molar-refractivity contribution in [2.45, 2.75) is 19.8 Å². The van der Waals surface area contributed by atoms with Crippen molar-refractivity contribution < 1.29 is 14.0 Å². The van der Waals surface area contributed by atoms with Gasteiger partial charge >= 0.3 is 0 Å². The first-order chi connectivity index (χ1) is 11.1. The zero-order valence-corrected chi connectivity index (χ0v) is 13.5. The molecule has 0 unspecified atom stereocenters. The van der Waals surface area contributed by atoms with E-state index in [0.29, 0.717) is 23.7 Å². The number of aryl methyl sites for hydroxylation is 1. The normalized spacial score (nSPS) is 14.3. The summed E-state index contributed by atoms with van der Waals surface area (Å²) in [6.45, 7) is 2.74. The molecule has 2 aromatic rings. The predicted octanol–water partition coefficient (Wildman–Crippen LogP) is 3.47. The van der Waals surface area contributed by atoms with Crippen molar-refractivity contribution in [2.75, 3.05) is 18.1 Å². The van der Waals surface area contributed by atoms with Crippen LogP contribution in [0.2, 0.25) is 5.02 Å². The molecule has 120 valence electrons. The number of nitrogens with zero attached hydrogens (tertiary/aromatic N) is 2. The van der Waals surface area contributed by atoms with Gasteiger partial charge in [0.1, 0.15) is 6.67 Å². The van der Waals surface area contributed by atoms with Crippen LogP contribution in [0.15, 0.2) is 41.0 Å². The summed E-state index contributed by atoms with van der Waals surface area (Å²) in [5, 5.41) is 0.576. The first kappa shape index (κ1) is 15.6. The number of rotatable bonds is 4.